The van der Waals surface area contributed by atoms with E-state index in [0.29, 0.717) is 10.7 Å². The van der Waals surface area contributed by atoms with Crippen LogP contribution in [0.15, 0.2) is 24.3 Å². The monoisotopic (exact) mass is 398 g/mol. The number of halogens is 1. The maximum absolute atomic E-state index is 12.0. The van der Waals surface area contributed by atoms with Gasteiger partial charge in [-0.15, -0.1) is 11.8 Å². The maximum Gasteiger partial charge on any atom is 0.316 e. The second kappa shape index (κ2) is 11.1. The van der Waals surface area contributed by atoms with Crippen LogP contribution in [0.1, 0.15) is 25.7 Å². The molecule has 2 amide bonds. The van der Waals surface area contributed by atoms with E-state index in [4.69, 9.17) is 16.3 Å². The Kier molecular flexibility index (Phi) is 8.77. The second-order valence-corrected chi connectivity index (χ2v) is 7.43. The maximum atomic E-state index is 12.0. The molecule has 1 aromatic carbocycles. The molecule has 1 aromatic rings. The van der Waals surface area contributed by atoms with Gasteiger partial charge in [-0.3, -0.25) is 14.4 Å². The van der Waals surface area contributed by atoms with Crippen molar-refractivity contribution in [3.8, 4) is 0 Å². The number of hydrogen-bond donors (Lipinski definition) is 1. The lowest BCUT2D eigenvalue weighted by atomic mass is 10.2. The summed E-state index contributed by atoms with van der Waals surface area (Å²) in [6.07, 6.45) is 4.27. The number of esters is 1. The number of rotatable bonds is 7. The summed E-state index contributed by atoms with van der Waals surface area (Å²) in [5.41, 5.74) is 0.644. The molecule has 1 N–H and O–H groups in total. The Morgan fingerprint density at radius 1 is 1.04 bits per heavy atom. The smallest absolute Gasteiger partial charge is 0.316 e. The summed E-state index contributed by atoms with van der Waals surface area (Å²) < 4.78 is 5.01. The van der Waals surface area contributed by atoms with Crippen molar-refractivity contribution in [3.05, 3.63) is 29.3 Å². The molecule has 8 heteroatoms. The van der Waals surface area contributed by atoms with Gasteiger partial charge in [-0.1, -0.05) is 24.4 Å². The van der Waals surface area contributed by atoms with Crippen molar-refractivity contribution in [1.29, 1.82) is 0 Å². The van der Waals surface area contributed by atoms with E-state index in [9.17, 15) is 14.4 Å². The van der Waals surface area contributed by atoms with E-state index in [1.165, 1.54) is 0 Å². The molecule has 6 nitrogen and oxygen atoms in total. The molecule has 1 heterocycles. The summed E-state index contributed by atoms with van der Waals surface area (Å²) in [5, 5.41) is 3.30. The molecule has 0 aliphatic carbocycles. The number of benzene rings is 1. The molecule has 0 aromatic heterocycles. The van der Waals surface area contributed by atoms with Crippen LogP contribution in [0.2, 0.25) is 5.02 Å². The molecule has 0 spiro atoms. The topological polar surface area (TPSA) is 75.7 Å². The fourth-order valence-electron chi connectivity index (χ4n) is 2.55. The predicted molar refractivity (Wildman–Crippen MR) is 103 cm³/mol. The molecule has 1 saturated heterocycles. The normalized spacial score (nSPS) is 14.4. The highest BCUT2D eigenvalue weighted by atomic mass is 35.5. The van der Waals surface area contributed by atoms with Gasteiger partial charge in [0.1, 0.15) is 0 Å². The van der Waals surface area contributed by atoms with E-state index in [2.05, 4.69) is 5.32 Å². The van der Waals surface area contributed by atoms with Crippen LogP contribution >= 0.6 is 23.4 Å². The second-order valence-electron chi connectivity index (χ2n) is 6.00. The van der Waals surface area contributed by atoms with E-state index in [1.54, 1.807) is 29.2 Å². The van der Waals surface area contributed by atoms with Gasteiger partial charge in [0.2, 0.25) is 5.91 Å². The fourth-order valence-corrected chi connectivity index (χ4v) is 3.29. The Bertz CT molecular complexity index is 616. The number of ether oxygens (including phenoxy) is 1. The zero-order valence-corrected chi connectivity index (χ0v) is 16.1. The largest absolute Gasteiger partial charge is 0.455 e. The van der Waals surface area contributed by atoms with Crippen LogP contribution in [0.25, 0.3) is 0 Å². The van der Waals surface area contributed by atoms with Crippen molar-refractivity contribution in [2.24, 2.45) is 0 Å². The summed E-state index contributed by atoms with van der Waals surface area (Å²) in [5.74, 6) is -0.701. The number of nitrogens with one attached hydrogen (secondary N) is 1. The van der Waals surface area contributed by atoms with E-state index >= 15 is 0 Å². The molecule has 0 bridgehead atoms. The first kappa shape index (κ1) is 20.6. The first-order valence-corrected chi connectivity index (χ1v) is 10.1. The first-order chi connectivity index (χ1) is 12.5. The molecule has 1 fully saturated rings. The predicted octanol–water partition coefficient (Wildman–Crippen LogP) is 2.96. The molecular weight excluding hydrogens is 376 g/mol. The third-order valence-corrected chi connectivity index (χ3v) is 5.05. The van der Waals surface area contributed by atoms with Crippen LogP contribution in [-0.2, 0) is 19.1 Å². The number of carbonyl (C=O) groups excluding carboxylic acids is 3. The lowest BCUT2D eigenvalue weighted by molar-refractivity contribution is -0.149. The summed E-state index contributed by atoms with van der Waals surface area (Å²) in [7, 11) is 0. The Labute approximate surface area is 162 Å². The highest BCUT2D eigenvalue weighted by Crippen LogP contribution is 2.14. The Balaban J connectivity index is 1.60. The van der Waals surface area contributed by atoms with Crippen molar-refractivity contribution in [2.75, 3.05) is 36.5 Å². The minimum absolute atomic E-state index is 0.0291. The van der Waals surface area contributed by atoms with E-state index in [0.717, 1.165) is 50.5 Å². The summed E-state index contributed by atoms with van der Waals surface area (Å²) >= 11 is 6.93. The van der Waals surface area contributed by atoms with Crippen molar-refractivity contribution in [2.45, 2.75) is 25.7 Å². The highest BCUT2D eigenvalue weighted by Gasteiger charge is 2.17. The number of anilines is 1. The standard InChI is InChI=1S/C18H23ClN2O4S/c19-14-5-7-15(8-6-14)20-16(22)12-26-13-18(24)25-11-17(23)21-9-3-1-2-4-10-21/h5-8H,1-4,9-13H2,(H,20,22). The number of hydrogen-bond acceptors (Lipinski definition) is 5. The molecule has 26 heavy (non-hydrogen) atoms. The molecular formula is C18H23ClN2O4S. The van der Waals surface area contributed by atoms with Gasteiger partial charge in [0.15, 0.2) is 6.61 Å². The first-order valence-electron chi connectivity index (χ1n) is 8.61. The van der Waals surface area contributed by atoms with Crippen LogP contribution in [0, 0.1) is 0 Å². The lowest BCUT2D eigenvalue weighted by Crippen LogP contribution is -2.35. The van der Waals surface area contributed by atoms with Gasteiger partial charge in [-0.05, 0) is 37.1 Å². The molecule has 0 saturated carbocycles. The van der Waals surface area contributed by atoms with Gasteiger partial charge in [0.25, 0.3) is 5.91 Å². The average Bonchev–Trinajstić information content (AvgIpc) is 2.91. The summed E-state index contributed by atoms with van der Waals surface area (Å²) in [6.45, 7) is 1.24. The van der Waals surface area contributed by atoms with Gasteiger partial charge in [-0.2, -0.15) is 0 Å². The van der Waals surface area contributed by atoms with Crippen molar-refractivity contribution < 1.29 is 19.1 Å². The fraction of sp³-hybridized carbons (Fsp3) is 0.500. The van der Waals surface area contributed by atoms with Crippen LogP contribution < -0.4 is 5.32 Å². The van der Waals surface area contributed by atoms with E-state index < -0.39 is 5.97 Å². The molecule has 142 valence electrons. The van der Waals surface area contributed by atoms with Gasteiger partial charge in [-0.25, -0.2) is 0 Å². The zero-order chi connectivity index (χ0) is 18.8. The van der Waals surface area contributed by atoms with E-state index in [1.807, 2.05) is 0 Å². The van der Waals surface area contributed by atoms with Gasteiger partial charge in [0, 0.05) is 23.8 Å². The van der Waals surface area contributed by atoms with Gasteiger partial charge in [0.05, 0.1) is 11.5 Å². The minimum atomic E-state index is -0.488. The SMILES string of the molecule is O=C(CSCC(=O)OCC(=O)N1CCCCCC1)Nc1ccc(Cl)cc1. The third kappa shape index (κ3) is 7.66. The number of nitrogens with zero attached hydrogens (tertiary/aromatic N) is 1. The molecule has 0 radical (unpaired) electrons. The van der Waals surface area contributed by atoms with Crippen molar-refractivity contribution >= 4 is 46.8 Å². The molecule has 0 unspecified atom stereocenters. The van der Waals surface area contributed by atoms with Crippen molar-refractivity contribution in [1.82, 2.24) is 4.90 Å². The van der Waals surface area contributed by atoms with Crippen molar-refractivity contribution in [3.63, 3.8) is 0 Å². The Morgan fingerprint density at radius 3 is 2.35 bits per heavy atom. The molecule has 0 atom stereocenters. The third-order valence-electron chi connectivity index (χ3n) is 3.90. The van der Waals surface area contributed by atoms with E-state index in [-0.39, 0.29) is 29.9 Å². The molecule has 1 aliphatic rings. The molecule has 1 aliphatic heterocycles. The van der Waals surface area contributed by atoms with Gasteiger partial charge < -0.3 is 15.0 Å². The van der Waals surface area contributed by atoms with Crippen LogP contribution in [-0.4, -0.2) is 53.9 Å². The summed E-state index contributed by atoms with van der Waals surface area (Å²) in [6, 6.07) is 6.77. The minimum Gasteiger partial charge on any atom is -0.455 e. The number of carbonyl (C=O) groups is 3. The molecule has 2 rings (SSSR count). The number of amides is 2. The Hall–Kier alpha value is -1.73. The van der Waals surface area contributed by atoms with Crippen LogP contribution in [0.5, 0.6) is 0 Å². The quantitative estimate of drug-likeness (QED) is 0.714. The summed E-state index contributed by atoms with van der Waals surface area (Å²) in [4.78, 5) is 37.3. The Morgan fingerprint density at radius 2 is 1.69 bits per heavy atom. The highest BCUT2D eigenvalue weighted by molar-refractivity contribution is 8.00. The lowest BCUT2D eigenvalue weighted by Gasteiger charge is -2.19. The van der Waals surface area contributed by atoms with Crippen LogP contribution in [0.3, 0.4) is 0 Å². The number of likely N-dealkylation sites (tertiary alicyclic amines) is 1. The zero-order valence-electron chi connectivity index (χ0n) is 14.5. The van der Waals surface area contributed by atoms with Gasteiger partial charge >= 0.3 is 5.97 Å². The number of thioether (sulfide) groups is 1. The average molecular weight is 399 g/mol. The van der Waals surface area contributed by atoms with Crippen LogP contribution in [0.4, 0.5) is 5.69 Å².